The van der Waals surface area contributed by atoms with Gasteiger partial charge < -0.3 is 4.90 Å². The molecule has 1 aliphatic heterocycles. The van der Waals surface area contributed by atoms with Gasteiger partial charge in [-0.1, -0.05) is 0 Å². The normalized spacial score (nSPS) is 17.3. The smallest absolute Gasteiger partial charge is 0.281 e. The van der Waals surface area contributed by atoms with Crippen molar-refractivity contribution in [1.29, 1.82) is 0 Å². The van der Waals surface area contributed by atoms with Crippen molar-refractivity contribution < 1.29 is 13.2 Å². The van der Waals surface area contributed by atoms with Crippen LogP contribution in [-0.4, -0.2) is 74.4 Å². The summed E-state index contributed by atoms with van der Waals surface area (Å²) in [7, 11) is -0.372. The third-order valence-corrected chi connectivity index (χ3v) is 6.55. The monoisotopic (exact) mass is 357 g/mol. The Labute approximate surface area is 142 Å². The second-order valence-electron chi connectivity index (χ2n) is 5.56. The molecule has 0 bridgehead atoms. The third kappa shape index (κ3) is 4.26. The number of carbonyl (C=O) groups excluding carboxylic acids is 1. The first-order valence-corrected chi connectivity index (χ1v) is 10.1. The van der Waals surface area contributed by atoms with Gasteiger partial charge >= 0.3 is 0 Å². The Morgan fingerprint density at radius 1 is 1.09 bits per heavy atom. The Kier molecular flexibility index (Phi) is 6.07. The van der Waals surface area contributed by atoms with Gasteiger partial charge in [0.15, 0.2) is 0 Å². The van der Waals surface area contributed by atoms with Crippen molar-refractivity contribution >= 4 is 27.9 Å². The van der Waals surface area contributed by atoms with Crippen molar-refractivity contribution in [2.45, 2.75) is 11.3 Å². The number of rotatable bonds is 4. The van der Waals surface area contributed by atoms with E-state index in [2.05, 4.69) is 0 Å². The molecule has 2 rings (SSSR count). The zero-order valence-electron chi connectivity index (χ0n) is 13.7. The lowest BCUT2D eigenvalue weighted by Crippen LogP contribution is -2.42. The van der Waals surface area contributed by atoms with Gasteiger partial charge in [0.1, 0.15) is 0 Å². The van der Waals surface area contributed by atoms with Crippen LogP contribution in [0.4, 0.5) is 0 Å². The summed E-state index contributed by atoms with van der Waals surface area (Å²) < 4.78 is 27.1. The van der Waals surface area contributed by atoms with Gasteiger partial charge in [0, 0.05) is 50.7 Å². The van der Waals surface area contributed by atoms with Gasteiger partial charge in [-0.15, -0.1) is 11.8 Å². The first-order chi connectivity index (χ1) is 10.9. The fourth-order valence-corrected chi connectivity index (χ4v) is 4.02. The van der Waals surface area contributed by atoms with Crippen LogP contribution in [0.25, 0.3) is 0 Å². The van der Waals surface area contributed by atoms with Crippen molar-refractivity contribution in [2.75, 3.05) is 46.5 Å². The van der Waals surface area contributed by atoms with Crippen LogP contribution < -0.4 is 0 Å². The van der Waals surface area contributed by atoms with Crippen molar-refractivity contribution in [2.24, 2.45) is 0 Å². The van der Waals surface area contributed by atoms with Crippen LogP contribution in [0.3, 0.4) is 0 Å². The Bertz CT molecular complexity index is 644. The molecule has 6 nitrogen and oxygen atoms in total. The first-order valence-electron chi connectivity index (χ1n) is 7.47. The summed E-state index contributed by atoms with van der Waals surface area (Å²) in [6.07, 6.45) is 2.63. The predicted molar refractivity (Wildman–Crippen MR) is 92.9 cm³/mol. The van der Waals surface area contributed by atoms with Crippen LogP contribution in [0, 0.1) is 0 Å². The summed E-state index contributed by atoms with van der Waals surface area (Å²) in [6, 6.07) is 7.51. The number of carbonyl (C=O) groups is 1. The van der Waals surface area contributed by atoms with Crippen LogP contribution in [0.2, 0.25) is 0 Å². The first kappa shape index (κ1) is 18.3. The van der Waals surface area contributed by atoms with Gasteiger partial charge in [0.25, 0.3) is 16.1 Å². The predicted octanol–water partition coefficient (Wildman–Crippen LogP) is 1.36. The molecule has 0 aromatic heterocycles. The van der Waals surface area contributed by atoms with E-state index in [-0.39, 0.29) is 5.91 Å². The second kappa shape index (κ2) is 7.65. The molecule has 1 aliphatic rings. The number of hydrogen-bond acceptors (Lipinski definition) is 4. The maximum Gasteiger partial charge on any atom is 0.281 e. The standard InChI is InChI=1S/C15H23N3O3S2/c1-16(2)23(20,21)18-10-4-9-17(11-12-18)15(19)13-5-7-14(22-3)8-6-13/h5-8H,4,9-12H2,1-3H3. The second-order valence-corrected chi connectivity index (χ2v) is 8.59. The molecule has 1 amide bonds. The topological polar surface area (TPSA) is 60.9 Å². The Hall–Kier alpha value is -1.09. The molecule has 1 saturated heterocycles. The van der Waals surface area contributed by atoms with E-state index in [9.17, 15) is 13.2 Å². The summed E-state index contributed by atoms with van der Waals surface area (Å²) in [4.78, 5) is 15.4. The highest BCUT2D eigenvalue weighted by Crippen LogP contribution is 2.17. The Morgan fingerprint density at radius 3 is 2.30 bits per heavy atom. The van der Waals surface area contributed by atoms with E-state index in [0.717, 1.165) is 4.90 Å². The molecule has 0 radical (unpaired) electrons. The van der Waals surface area contributed by atoms with Crippen molar-refractivity contribution in [3.8, 4) is 0 Å². The minimum absolute atomic E-state index is 0.0400. The average molecular weight is 358 g/mol. The molecule has 1 aromatic carbocycles. The highest BCUT2D eigenvalue weighted by atomic mass is 32.2. The molecule has 0 aliphatic carbocycles. The summed E-state index contributed by atoms with van der Waals surface area (Å²) in [5.74, 6) is -0.0400. The SMILES string of the molecule is CSc1ccc(C(=O)N2CCCN(S(=O)(=O)N(C)C)CC2)cc1. The van der Waals surface area contributed by atoms with Gasteiger partial charge in [0.2, 0.25) is 0 Å². The molecule has 0 saturated carbocycles. The minimum atomic E-state index is -3.42. The molecule has 0 N–H and O–H groups in total. The average Bonchev–Trinajstić information content (AvgIpc) is 2.80. The molecule has 8 heteroatoms. The summed E-state index contributed by atoms with van der Waals surface area (Å²) >= 11 is 1.63. The maximum absolute atomic E-state index is 12.6. The van der Waals surface area contributed by atoms with E-state index in [4.69, 9.17) is 0 Å². The lowest BCUT2D eigenvalue weighted by molar-refractivity contribution is 0.0764. The highest BCUT2D eigenvalue weighted by molar-refractivity contribution is 7.98. The molecule has 0 atom stereocenters. The quantitative estimate of drug-likeness (QED) is 0.764. The lowest BCUT2D eigenvalue weighted by atomic mass is 10.2. The Morgan fingerprint density at radius 2 is 1.74 bits per heavy atom. The van der Waals surface area contributed by atoms with Crippen LogP contribution in [0.1, 0.15) is 16.8 Å². The number of benzene rings is 1. The Balaban J connectivity index is 2.06. The van der Waals surface area contributed by atoms with Crippen LogP contribution in [0.5, 0.6) is 0 Å². The van der Waals surface area contributed by atoms with Gasteiger partial charge in [-0.25, -0.2) is 0 Å². The molecule has 1 aromatic rings. The van der Waals surface area contributed by atoms with E-state index < -0.39 is 10.2 Å². The van der Waals surface area contributed by atoms with Gasteiger partial charge in [-0.2, -0.15) is 17.0 Å². The fraction of sp³-hybridized carbons (Fsp3) is 0.533. The fourth-order valence-electron chi connectivity index (χ4n) is 2.47. The van der Waals surface area contributed by atoms with E-state index >= 15 is 0 Å². The zero-order chi connectivity index (χ0) is 17.0. The van der Waals surface area contributed by atoms with Crippen molar-refractivity contribution in [3.05, 3.63) is 29.8 Å². The molecule has 0 spiro atoms. The molecule has 128 valence electrons. The lowest BCUT2D eigenvalue weighted by Gasteiger charge is -2.24. The number of thioether (sulfide) groups is 1. The van der Waals surface area contributed by atoms with Gasteiger partial charge in [-0.05, 0) is 36.9 Å². The van der Waals surface area contributed by atoms with Crippen molar-refractivity contribution in [3.63, 3.8) is 0 Å². The zero-order valence-corrected chi connectivity index (χ0v) is 15.4. The van der Waals surface area contributed by atoms with Crippen LogP contribution in [-0.2, 0) is 10.2 Å². The summed E-state index contributed by atoms with van der Waals surface area (Å²) in [5, 5.41) is 0. The summed E-state index contributed by atoms with van der Waals surface area (Å²) in [5.41, 5.74) is 0.645. The van der Waals surface area contributed by atoms with E-state index in [0.29, 0.717) is 38.2 Å². The van der Waals surface area contributed by atoms with E-state index in [1.165, 1.54) is 22.7 Å². The molecule has 1 heterocycles. The third-order valence-electron chi connectivity index (χ3n) is 3.87. The molecule has 0 unspecified atom stereocenters. The highest BCUT2D eigenvalue weighted by Gasteiger charge is 2.28. The molecular formula is C15H23N3O3S2. The molecular weight excluding hydrogens is 334 g/mol. The number of nitrogens with zero attached hydrogens (tertiary/aromatic N) is 3. The number of hydrogen-bond donors (Lipinski definition) is 0. The van der Waals surface area contributed by atoms with E-state index in [1.807, 2.05) is 30.5 Å². The van der Waals surface area contributed by atoms with Gasteiger partial charge in [0.05, 0.1) is 0 Å². The largest absolute Gasteiger partial charge is 0.337 e. The van der Waals surface area contributed by atoms with E-state index in [1.54, 1.807) is 16.7 Å². The number of amides is 1. The van der Waals surface area contributed by atoms with Crippen LogP contribution in [0.15, 0.2) is 29.2 Å². The minimum Gasteiger partial charge on any atom is -0.337 e. The van der Waals surface area contributed by atoms with Crippen LogP contribution >= 0.6 is 11.8 Å². The molecule has 23 heavy (non-hydrogen) atoms. The van der Waals surface area contributed by atoms with Gasteiger partial charge in [-0.3, -0.25) is 4.79 Å². The summed E-state index contributed by atoms with van der Waals surface area (Å²) in [6.45, 7) is 1.75. The molecule has 1 fully saturated rings. The van der Waals surface area contributed by atoms with Crippen molar-refractivity contribution in [1.82, 2.24) is 13.5 Å². The maximum atomic E-state index is 12.6.